The van der Waals surface area contributed by atoms with E-state index in [9.17, 15) is 4.79 Å². The highest BCUT2D eigenvalue weighted by molar-refractivity contribution is 6.35. The molecule has 0 aliphatic heterocycles. The Morgan fingerprint density at radius 1 is 1.46 bits per heavy atom. The first kappa shape index (κ1) is 10.3. The smallest absolute Gasteiger partial charge is 0.325 e. The molecular formula is C8H7Cl2NO2. The third-order valence-electron chi connectivity index (χ3n) is 1.56. The van der Waals surface area contributed by atoms with E-state index in [0.717, 1.165) is 0 Å². The standard InChI is InChI=1S/C8H7Cl2NO2/c9-4-1-2-5(6(10)3-4)7(11)8(12)13/h1-3,7H,11H2,(H,12,13). The molecule has 0 saturated heterocycles. The molecule has 0 spiro atoms. The maximum atomic E-state index is 10.5. The molecule has 1 aromatic rings. The zero-order chi connectivity index (χ0) is 10.0. The van der Waals surface area contributed by atoms with Gasteiger partial charge in [-0.3, -0.25) is 4.79 Å². The summed E-state index contributed by atoms with van der Waals surface area (Å²) in [5.74, 6) is -1.12. The monoisotopic (exact) mass is 219 g/mol. The van der Waals surface area contributed by atoms with Gasteiger partial charge >= 0.3 is 5.97 Å². The first-order valence-corrected chi connectivity index (χ1v) is 4.21. The highest BCUT2D eigenvalue weighted by atomic mass is 35.5. The van der Waals surface area contributed by atoms with Crippen molar-refractivity contribution in [2.45, 2.75) is 6.04 Å². The third kappa shape index (κ3) is 2.34. The first-order chi connectivity index (χ1) is 6.02. The van der Waals surface area contributed by atoms with Crippen LogP contribution in [0.4, 0.5) is 0 Å². The van der Waals surface area contributed by atoms with E-state index in [1.807, 2.05) is 0 Å². The number of nitrogens with two attached hydrogens (primary N) is 1. The van der Waals surface area contributed by atoms with Crippen LogP contribution in [0.2, 0.25) is 10.0 Å². The second kappa shape index (κ2) is 3.96. The number of benzene rings is 1. The van der Waals surface area contributed by atoms with Gasteiger partial charge in [0, 0.05) is 10.0 Å². The van der Waals surface area contributed by atoms with E-state index in [4.69, 9.17) is 34.0 Å². The van der Waals surface area contributed by atoms with Crippen LogP contribution in [0.15, 0.2) is 18.2 Å². The lowest BCUT2D eigenvalue weighted by Crippen LogP contribution is -2.20. The number of hydrogen-bond acceptors (Lipinski definition) is 2. The molecule has 0 aromatic heterocycles. The molecule has 1 unspecified atom stereocenters. The van der Waals surface area contributed by atoms with Crippen LogP contribution in [0.5, 0.6) is 0 Å². The molecule has 5 heteroatoms. The molecule has 3 N–H and O–H groups in total. The highest BCUT2D eigenvalue weighted by Crippen LogP contribution is 2.25. The van der Waals surface area contributed by atoms with Crippen LogP contribution in [0, 0.1) is 0 Å². The Balaban J connectivity index is 3.08. The van der Waals surface area contributed by atoms with Gasteiger partial charge in [0.05, 0.1) is 0 Å². The lowest BCUT2D eigenvalue weighted by molar-refractivity contribution is -0.138. The predicted molar refractivity (Wildman–Crippen MR) is 51.0 cm³/mol. The molecule has 0 aliphatic rings. The Kier molecular flexibility index (Phi) is 3.14. The lowest BCUT2D eigenvalue weighted by Gasteiger charge is -2.08. The Morgan fingerprint density at radius 2 is 2.08 bits per heavy atom. The predicted octanol–water partition coefficient (Wildman–Crippen LogP) is 2.08. The topological polar surface area (TPSA) is 63.3 Å². The van der Waals surface area contributed by atoms with E-state index in [1.165, 1.54) is 12.1 Å². The fourth-order valence-electron chi connectivity index (χ4n) is 0.887. The fraction of sp³-hybridized carbons (Fsp3) is 0.125. The Labute approximate surface area is 85.1 Å². The third-order valence-corrected chi connectivity index (χ3v) is 2.13. The molecule has 0 bridgehead atoms. The van der Waals surface area contributed by atoms with Crippen LogP contribution in [0.3, 0.4) is 0 Å². The van der Waals surface area contributed by atoms with Crippen molar-refractivity contribution in [2.75, 3.05) is 0 Å². The minimum Gasteiger partial charge on any atom is -0.480 e. The Bertz CT molecular complexity index is 341. The number of halogens is 2. The molecule has 3 nitrogen and oxygen atoms in total. The molecule has 0 fully saturated rings. The fourth-order valence-corrected chi connectivity index (χ4v) is 1.41. The SMILES string of the molecule is NC(C(=O)O)c1ccc(Cl)cc1Cl. The minimum atomic E-state index is -1.12. The zero-order valence-electron chi connectivity index (χ0n) is 6.50. The zero-order valence-corrected chi connectivity index (χ0v) is 8.01. The van der Waals surface area contributed by atoms with Gasteiger partial charge in [0.15, 0.2) is 0 Å². The summed E-state index contributed by atoms with van der Waals surface area (Å²) < 4.78 is 0. The van der Waals surface area contributed by atoms with Gasteiger partial charge in [-0.15, -0.1) is 0 Å². The normalized spacial score (nSPS) is 12.5. The number of carboxylic acids is 1. The summed E-state index contributed by atoms with van der Waals surface area (Å²) in [6.45, 7) is 0. The van der Waals surface area contributed by atoms with E-state index < -0.39 is 12.0 Å². The van der Waals surface area contributed by atoms with Gasteiger partial charge in [-0.25, -0.2) is 0 Å². The van der Waals surface area contributed by atoms with Crippen LogP contribution >= 0.6 is 23.2 Å². The van der Waals surface area contributed by atoms with Gasteiger partial charge in [-0.05, 0) is 17.7 Å². The minimum absolute atomic E-state index is 0.266. The van der Waals surface area contributed by atoms with E-state index >= 15 is 0 Å². The molecule has 0 aliphatic carbocycles. The van der Waals surface area contributed by atoms with Gasteiger partial charge < -0.3 is 10.8 Å². The van der Waals surface area contributed by atoms with Crippen molar-refractivity contribution < 1.29 is 9.90 Å². The first-order valence-electron chi connectivity index (χ1n) is 3.45. The largest absolute Gasteiger partial charge is 0.480 e. The summed E-state index contributed by atoms with van der Waals surface area (Å²) in [4.78, 5) is 10.5. The average Bonchev–Trinajstić information content (AvgIpc) is 2.03. The molecule has 1 aromatic carbocycles. The van der Waals surface area contributed by atoms with Crippen LogP contribution in [-0.4, -0.2) is 11.1 Å². The van der Waals surface area contributed by atoms with Crippen LogP contribution < -0.4 is 5.73 Å². The molecule has 0 heterocycles. The summed E-state index contributed by atoms with van der Waals surface area (Å²) in [5.41, 5.74) is 5.72. The Morgan fingerprint density at radius 3 is 2.54 bits per heavy atom. The number of carboxylic acid groups (broad SMARTS) is 1. The average molecular weight is 220 g/mol. The molecule has 13 heavy (non-hydrogen) atoms. The number of aliphatic carboxylic acids is 1. The molecule has 1 rings (SSSR count). The maximum absolute atomic E-state index is 10.5. The summed E-state index contributed by atoms with van der Waals surface area (Å²) >= 11 is 11.4. The van der Waals surface area contributed by atoms with Crippen molar-refractivity contribution in [3.63, 3.8) is 0 Å². The number of hydrogen-bond donors (Lipinski definition) is 2. The van der Waals surface area contributed by atoms with E-state index in [-0.39, 0.29) is 5.02 Å². The van der Waals surface area contributed by atoms with Gasteiger partial charge in [-0.1, -0.05) is 29.3 Å². The maximum Gasteiger partial charge on any atom is 0.325 e. The van der Waals surface area contributed by atoms with Crippen LogP contribution in [-0.2, 0) is 4.79 Å². The molecule has 0 amide bonds. The van der Waals surface area contributed by atoms with Crippen molar-refractivity contribution in [1.29, 1.82) is 0 Å². The molecule has 0 radical (unpaired) electrons. The molecule has 1 atom stereocenters. The quantitative estimate of drug-likeness (QED) is 0.801. The van der Waals surface area contributed by atoms with Crippen molar-refractivity contribution >= 4 is 29.2 Å². The van der Waals surface area contributed by atoms with Crippen molar-refractivity contribution in [3.05, 3.63) is 33.8 Å². The molecular weight excluding hydrogens is 213 g/mol. The number of carbonyl (C=O) groups is 1. The molecule has 0 saturated carbocycles. The van der Waals surface area contributed by atoms with E-state index in [2.05, 4.69) is 0 Å². The Hall–Kier alpha value is -0.770. The van der Waals surface area contributed by atoms with Gasteiger partial charge in [0.25, 0.3) is 0 Å². The summed E-state index contributed by atoms with van der Waals surface area (Å²) in [5, 5.41) is 9.33. The second-order valence-corrected chi connectivity index (χ2v) is 3.33. The van der Waals surface area contributed by atoms with Crippen LogP contribution in [0.1, 0.15) is 11.6 Å². The van der Waals surface area contributed by atoms with Crippen molar-refractivity contribution in [1.82, 2.24) is 0 Å². The van der Waals surface area contributed by atoms with E-state index in [0.29, 0.717) is 10.6 Å². The van der Waals surface area contributed by atoms with Gasteiger partial charge in [0.1, 0.15) is 6.04 Å². The summed E-state index contributed by atoms with van der Waals surface area (Å²) in [6, 6.07) is 3.40. The summed E-state index contributed by atoms with van der Waals surface area (Å²) in [6.07, 6.45) is 0. The molecule has 70 valence electrons. The lowest BCUT2D eigenvalue weighted by atomic mass is 10.1. The van der Waals surface area contributed by atoms with Gasteiger partial charge in [0.2, 0.25) is 0 Å². The summed E-state index contributed by atoms with van der Waals surface area (Å²) in [7, 11) is 0. The number of rotatable bonds is 2. The highest BCUT2D eigenvalue weighted by Gasteiger charge is 2.16. The van der Waals surface area contributed by atoms with Gasteiger partial charge in [-0.2, -0.15) is 0 Å². The van der Waals surface area contributed by atoms with Crippen molar-refractivity contribution in [2.24, 2.45) is 5.73 Å². The van der Waals surface area contributed by atoms with Crippen molar-refractivity contribution in [3.8, 4) is 0 Å². The van der Waals surface area contributed by atoms with Crippen LogP contribution in [0.25, 0.3) is 0 Å². The second-order valence-electron chi connectivity index (χ2n) is 2.48. The van der Waals surface area contributed by atoms with E-state index in [1.54, 1.807) is 6.07 Å².